The Morgan fingerprint density at radius 3 is 2.71 bits per heavy atom. The summed E-state index contributed by atoms with van der Waals surface area (Å²) < 4.78 is 7.37. The van der Waals surface area contributed by atoms with E-state index >= 15 is 0 Å². The van der Waals surface area contributed by atoms with E-state index in [2.05, 4.69) is 4.98 Å². The molecule has 1 unspecified atom stereocenters. The highest BCUT2D eigenvalue weighted by Crippen LogP contribution is 2.38. The van der Waals surface area contributed by atoms with Crippen molar-refractivity contribution in [2.45, 2.75) is 38.5 Å². The Kier molecular flexibility index (Phi) is 5.82. The van der Waals surface area contributed by atoms with E-state index in [0.717, 1.165) is 16.9 Å². The Labute approximate surface area is 185 Å². The Morgan fingerprint density at radius 2 is 2.03 bits per heavy atom. The van der Waals surface area contributed by atoms with E-state index in [1.807, 2.05) is 69.5 Å². The van der Waals surface area contributed by atoms with Crippen molar-refractivity contribution in [1.29, 1.82) is 0 Å². The molecule has 4 rings (SSSR count). The molecule has 0 fully saturated rings. The van der Waals surface area contributed by atoms with Gasteiger partial charge in [0.25, 0.3) is 6.17 Å². The minimum absolute atomic E-state index is 0.0464. The van der Waals surface area contributed by atoms with Crippen LogP contribution in [0.25, 0.3) is 11.3 Å². The molecule has 2 aromatic carbocycles. The van der Waals surface area contributed by atoms with Gasteiger partial charge in [0.1, 0.15) is 5.75 Å². The van der Waals surface area contributed by atoms with Crippen LogP contribution in [0.2, 0.25) is 0 Å². The number of rotatable bonds is 5. The van der Waals surface area contributed by atoms with Gasteiger partial charge < -0.3 is 4.74 Å². The van der Waals surface area contributed by atoms with Crippen LogP contribution in [0, 0.1) is 6.92 Å². The summed E-state index contributed by atoms with van der Waals surface area (Å²) in [5.41, 5.74) is 3.40. The Morgan fingerprint density at radius 1 is 1.26 bits per heavy atom. The summed E-state index contributed by atoms with van der Waals surface area (Å²) in [5.74, 6) is 0.750. The standard InChI is InChI=1S/C23H24N4O3S/c1-5-19(28)26-17-10-8-7-9-16(17)20-21(29)24-23(31-4)25-27(20)22(26)15-11-12-18(30-6-2)14(3)13-15/h7-13,22H,5-6H2,1-4H3/p+1. The molecule has 1 amide bonds. The van der Waals surface area contributed by atoms with Crippen molar-refractivity contribution in [3.8, 4) is 17.0 Å². The number of H-pyrrole nitrogens is 1. The van der Waals surface area contributed by atoms with Crippen LogP contribution in [0.1, 0.15) is 37.6 Å². The topological polar surface area (TPSA) is 79.2 Å². The van der Waals surface area contributed by atoms with Gasteiger partial charge >= 0.3 is 11.3 Å². The molecule has 1 aromatic heterocycles. The van der Waals surface area contributed by atoms with Gasteiger partial charge in [0.15, 0.2) is 0 Å². The molecule has 0 spiro atoms. The summed E-state index contributed by atoms with van der Waals surface area (Å²) in [7, 11) is 0. The van der Waals surface area contributed by atoms with Gasteiger partial charge in [-0.25, -0.2) is 4.90 Å². The fourth-order valence-corrected chi connectivity index (χ4v) is 4.32. The molecule has 1 aliphatic heterocycles. The number of thioether (sulfide) groups is 1. The molecule has 0 radical (unpaired) electrons. The second-order valence-corrected chi connectivity index (χ2v) is 8.02. The Hall–Kier alpha value is -3.13. The maximum Gasteiger partial charge on any atom is 0.325 e. The van der Waals surface area contributed by atoms with Crippen molar-refractivity contribution >= 4 is 23.4 Å². The molecule has 2 heterocycles. The number of anilines is 1. The predicted octanol–water partition coefficient (Wildman–Crippen LogP) is 3.46. The molecule has 1 aliphatic rings. The van der Waals surface area contributed by atoms with Crippen LogP contribution in [0.3, 0.4) is 0 Å². The molecule has 31 heavy (non-hydrogen) atoms. The zero-order valence-corrected chi connectivity index (χ0v) is 18.8. The lowest BCUT2D eigenvalue weighted by Crippen LogP contribution is -2.60. The van der Waals surface area contributed by atoms with Gasteiger partial charge in [0, 0.05) is 17.1 Å². The SMILES string of the molecule is CCOc1ccc(C2N(C(=O)CC)c3ccccc3-c3c(=O)[nH]c(SC)n[n+]32)cc1C. The highest BCUT2D eigenvalue weighted by Gasteiger charge is 2.45. The van der Waals surface area contributed by atoms with Gasteiger partial charge in [-0.15, -0.1) is 0 Å². The summed E-state index contributed by atoms with van der Waals surface area (Å²) in [4.78, 5) is 30.9. The minimum atomic E-state index is -0.583. The summed E-state index contributed by atoms with van der Waals surface area (Å²) in [6, 6.07) is 13.3. The van der Waals surface area contributed by atoms with Crippen LogP contribution in [-0.4, -0.2) is 28.9 Å². The smallest absolute Gasteiger partial charge is 0.325 e. The van der Waals surface area contributed by atoms with E-state index < -0.39 is 6.17 Å². The first-order valence-electron chi connectivity index (χ1n) is 10.2. The number of nitrogens with one attached hydrogen (secondary N) is 1. The zero-order valence-electron chi connectivity index (χ0n) is 18.0. The lowest BCUT2D eigenvalue weighted by molar-refractivity contribution is -0.763. The van der Waals surface area contributed by atoms with Gasteiger partial charge in [0.05, 0.1) is 17.9 Å². The van der Waals surface area contributed by atoms with Crippen LogP contribution >= 0.6 is 11.8 Å². The fraction of sp³-hybridized carbons (Fsp3) is 0.304. The fourth-order valence-electron chi connectivity index (χ4n) is 3.95. The number of ether oxygens (including phenoxy) is 1. The van der Waals surface area contributed by atoms with Crippen LogP contribution in [0.4, 0.5) is 5.69 Å². The van der Waals surface area contributed by atoms with Crippen molar-refractivity contribution in [1.82, 2.24) is 10.1 Å². The first-order chi connectivity index (χ1) is 15.0. The number of nitrogens with zero attached hydrogens (tertiary/aromatic N) is 3. The maximum absolute atomic E-state index is 13.2. The molecule has 1 N–H and O–H groups in total. The van der Waals surface area contributed by atoms with Crippen molar-refractivity contribution in [3.05, 3.63) is 63.9 Å². The van der Waals surface area contributed by atoms with Crippen LogP contribution in [-0.2, 0) is 4.79 Å². The number of aromatic amines is 1. The molecule has 160 valence electrons. The normalized spacial score (nSPS) is 14.7. The quantitative estimate of drug-likeness (QED) is 0.489. The van der Waals surface area contributed by atoms with E-state index in [1.165, 1.54) is 11.8 Å². The highest BCUT2D eigenvalue weighted by molar-refractivity contribution is 7.98. The molecule has 0 bridgehead atoms. The number of amides is 1. The number of hydrogen-bond acceptors (Lipinski definition) is 5. The molecular formula is C23H25N4O3S+. The van der Waals surface area contributed by atoms with E-state index in [1.54, 1.807) is 9.58 Å². The van der Waals surface area contributed by atoms with E-state index in [0.29, 0.717) is 35.1 Å². The average molecular weight is 438 g/mol. The van der Waals surface area contributed by atoms with Gasteiger partial charge in [-0.2, -0.15) is 0 Å². The number of para-hydroxylation sites is 1. The number of fused-ring (bicyclic) bond motifs is 3. The van der Waals surface area contributed by atoms with Gasteiger partial charge in [-0.05, 0) is 60.7 Å². The number of aromatic nitrogens is 3. The minimum Gasteiger partial charge on any atom is -0.494 e. The van der Waals surface area contributed by atoms with E-state index in [4.69, 9.17) is 9.84 Å². The zero-order chi connectivity index (χ0) is 22.1. The van der Waals surface area contributed by atoms with Crippen molar-refractivity contribution < 1.29 is 14.2 Å². The summed E-state index contributed by atoms with van der Waals surface area (Å²) >= 11 is 1.35. The monoisotopic (exact) mass is 437 g/mol. The molecular weight excluding hydrogens is 412 g/mol. The highest BCUT2D eigenvalue weighted by atomic mass is 32.2. The lowest BCUT2D eigenvalue weighted by Gasteiger charge is -2.32. The molecule has 8 heteroatoms. The molecule has 7 nitrogen and oxygen atoms in total. The number of carbonyl (C=O) groups is 1. The van der Waals surface area contributed by atoms with Crippen molar-refractivity contribution in [3.63, 3.8) is 0 Å². The first-order valence-corrected chi connectivity index (χ1v) is 11.5. The number of hydrogen-bond donors (Lipinski definition) is 1. The first kappa shape index (κ1) is 21.1. The molecule has 0 aliphatic carbocycles. The third-order valence-corrected chi connectivity index (χ3v) is 5.89. The molecule has 3 aromatic rings. The number of aryl methyl sites for hydroxylation is 1. The lowest BCUT2D eigenvalue weighted by atomic mass is 10.00. The number of benzene rings is 2. The second kappa shape index (κ2) is 8.55. The van der Waals surface area contributed by atoms with Crippen LogP contribution < -0.4 is 19.9 Å². The third kappa shape index (κ3) is 3.61. The summed E-state index contributed by atoms with van der Waals surface area (Å²) in [5, 5.41) is 5.19. The summed E-state index contributed by atoms with van der Waals surface area (Å²) in [6.07, 6.45) is 1.60. The molecule has 1 atom stereocenters. The van der Waals surface area contributed by atoms with Gasteiger partial charge in [0.2, 0.25) is 11.1 Å². The molecule has 0 saturated carbocycles. The van der Waals surface area contributed by atoms with Crippen LogP contribution in [0.5, 0.6) is 5.75 Å². The van der Waals surface area contributed by atoms with Gasteiger partial charge in [-0.1, -0.05) is 30.8 Å². The van der Waals surface area contributed by atoms with Gasteiger partial charge in [-0.3, -0.25) is 14.6 Å². The number of carbonyl (C=O) groups excluding carboxylic acids is 1. The predicted molar refractivity (Wildman–Crippen MR) is 121 cm³/mol. The average Bonchev–Trinajstić information content (AvgIpc) is 2.78. The second-order valence-electron chi connectivity index (χ2n) is 7.22. The van der Waals surface area contributed by atoms with Crippen molar-refractivity contribution in [2.75, 3.05) is 17.8 Å². The maximum atomic E-state index is 13.2. The molecule has 0 saturated heterocycles. The third-order valence-electron chi connectivity index (χ3n) is 5.32. The Bertz CT molecular complexity index is 1210. The Balaban J connectivity index is 2.03. The van der Waals surface area contributed by atoms with Crippen molar-refractivity contribution in [2.24, 2.45) is 0 Å². The van der Waals surface area contributed by atoms with Crippen LogP contribution in [0.15, 0.2) is 52.4 Å². The summed E-state index contributed by atoms with van der Waals surface area (Å²) in [6.45, 7) is 6.33. The van der Waals surface area contributed by atoms with E-state index in [-0.39, 0.29) is 11.5 Å². The largest absolute Gasteiger partial charge is 0.494 e. The van der Waals surface area contributed by atoms with E-state index in [9.17, 15) is 9.59 Å².